The lowest BCUT2D eigenvalue weighted by molar-refractivity contribution is -0.133. The van der Waals surface area contributed by atoms with E-state index in [-0.39, 0.29) is 17.2 Å². The summed E-state index contributed by atoms with van der Waals surface area (Å²) in [6.45, 7) is 12.5. The molecule has 1 amide bonds. The zero-order valence-corrected chi connectivity index (χ0v) is 17.9. The first-order valence-electron chi connectivity index (χ1n) is 10.8. The Morgan fingerprint density at radius 3 is 2.48 bits per heavy atom. The molecule has 156 valence electrons. The van der Waals surface area contributed by atoms with Crippen molar-refractivity contribution in [2.45, 2.75) is 33.9 Å². The van der Waals surface area contributed by atoms with Crippen LogP contribution in [0.3, 0.4) is 0 Å². The Hall–Kier alpha value is -2.11. The van der Waals surface area contributed by atoms with Crippen LogP contribution in [-0.4, -0.2) is 48.4 Å². The monoisotopic (exact) mass is 395 g/mol. The van der Waals surface area contributed by atoms with E-state index in [1.54, 1.807) is 0 Å². The fourth-order valence-corrected chi connectivity index (χ4v) is 4.89. The van der Waals surface area contributed by atoms with Gasteiger partial charge in [-0.05, 0) is 30.5 Å². The highest BCUT2D eigenvalue weighted by molar-refractivity contribution is 5.80. The molecule has 2 saturated heterocycles. The lowest BCUT2D eigenvalue weighted by atomic mass is 9.71. The quantitative estimate of drug-likeness (QED) is 0.782. The SMILES string of the molecule is Cc1ccc(CN2CC3(CN(Cc4ccccc4)CC3C(=O)NCC(C)C)C2)o1. The lowest BCUT2D eigenvalue weighted by Gasteiger charge is -2.50. The Kier molecular flexibility index (Phi) is 5.79. The van der Waals surface area contributed by atoms with E-state index in [1.165, 1.54) is 5.56 Å². The number of nitrogens with zero attached hydrogens (tertiary/aromatic N) is 2. The average molecular weight is 396 g/mol. The minimum absolute atomic E-state index is 0.0531. The molecule has 1 N–H and O–H groups in total. The van der Waals surface area contributed by atoms with Crippen molar-refractivity contribution in [3.63, 3.8) is 0 Å². The van der Waals surface area contributed by atoms with Crippen LogP contribution in [0, 0.1) is 24.2 Å². The van der Waals surface area contributed by atoms with Gasteiger partial charge in [0.25, 0.3) is 0 Å². The third-order valence-corrected chi connectivity index (χ3v) is 6.22. The number of amides is 1. The highest BCUT2D eigenvalue weighted by Gasteiger charge is 2.56. The van der Waals surface area contributed by atoms with Crippen molar-refractivity contribution in [2.24, 2.45) is 17.3 Å². The minimum atomic E-state index is 0.0531. The van der Waals surface area contributed by atoms with Crippen molar-refractivity contribution in [3.05, 3.63) is 59.5 Å². The third kappa shape index (κ3) is 4.57. The Bertz CT molecular complexity index is 824. The second-order valence-corrected chi connectivity index (χ2v) is 9.37. The van der Waals surface area contributed by atoms with Crippen LogP contribution in [0.4, 0.5) is 0 Å². The van der Waals surface area contributed by atoms with Gasteiger partial charge in [-0.15, -0.1) is 0 Å². The first-order valence-corrected chi connectivity index (χ1v) is 10.8. The van der Waals surface area contributed by atoms with Crippen LogP contribution in [0.5, 0.6) is 0 Å². The average Bonchev–Trinajstić information content (AvgIpc) is 3.24. The van der Waals surface area contributed by atoms with Crippen molar-refractivity contribution in [1.29, 1.82) is 0 Å². The molecule has 4 rings (SSSR count). The van der Waals surface area contributed by atoms with E-state index in [2.05, 4.69) is 65.4 Å². The van der Waals surface area contributed by atoms with Gasteiger partial charge < -0.3 is 9.73 Å². The number of hydrogen-bond donors (Lipinski definition) is 1. The molecule has 1 aromatic carbocycles. The molecule has 2 aliphatic rings. The third-order valence-electron chi connectivity index (χ3n) is 6.22. The largest absolute Gasteiger partial charge is 0.465 e. The number of carbonyl (C=O) groups excluding carboxylic acids is 1. The van der Waals surface area contributed by atoms with Crippen molar-refractivity contribution < 1.29 is 9.21 Å². The summed E-state index contributed by atoms with van der Waals surface area (Å²) in [4.78, 5) is 17.9. The molecule has 5 nitrogen and oxygen atoms in total. The molecule has 3 heterocycles. The Labute approximate surface area is 174 Å². The molecule has 2 fully saturated rings. The van der Waals surface area contributed by atoms with Crippen LogP contribution < -0.4 is 5.32 Å². The second-order valence-electron chi connectivity index (χ2n) is 9.37. The summed E-state index contributed by atoms with van der Waals surface area (Å²) in [6.07, 6.45) is 0. The van der Waals surface area contributed by atoms with Gasteiger partial charge in [0, 0.05) is 44.7 Å². The maximum atomic E-state index is 13.0. The molecule has 5 heteroatoms. The minimum Gasteiger partial charge on any atom is -0.465 e. The van der Waals surface area contributed by atoms with Crippen LogP contribution in [0.15, 0.2) is 46.9 Å². The first kappa shape index (κ1) is 20.2. The summed E-state index contributed by atoms with van der Waals surface area (Å²) in [5, 5.41) is 3.20. The molecule has 0 bridgehead atoms. The molecule has 29 heavy (non-hydrogen) atoms. The standard InChI is InChI=1S/C24H33N3O2/c1-18(2)11-25-23(28)22-14-26(12-20-7-5-4-6-8-20)15-24(22)16-27(17-24)13-21-10-9-19(3)29-21/h4-10,18,22H,11-17H2,1-3H3,(H,25,28). The van der Waals surface area contributed by atoms with Gasteiger partial charge in [0.2, 0.25) is 5.91 Å². The van der Waals surface area contributed by atoms with Crippen LogP contribution >= 0.6 is 0 Å². The van der Waals surface area contributed by atoms with Gasteiger partial charge in [-0.2, -0.15) is 0 Å². The van der Waals surface area contributed by atoms with Crippen molar-refractivity contribution >= 4 is 5.91 Å². The van der Waals surface area contributed by atoms with Crippen LogP contribution in [-0.2, 0) is 17.9 Å². The Morgan fingerprint density at radius 2 is 1.83 bits per heavy atom. The van der Waals surface area contributed by atoms with Crippen LogP contribution in [0.2, 0.25) is 0 Å². The summed E-state index contributed by atoms with van der Waals surface area (Å²) in [5.74, 6) is 2.72. The number of nitrogens with one attached hydrogen (secondary N) is 1. The van der Waals surface area contributed by atoms with Gasteiger partial charge in [0.15, 0.2) is 0 Å². The second kappa shape index (κ2) is 8.33. The summed E-state index contributed by atoms with van der Waals surface area (Å²) in [6, 6.07) is 14.6. The zero-order valence-electron chi connectivity index (χ0n) is 17.9. The highest BCUT2D eigenvalue weighted by atomic mass is 16.3. The van der Waals surface area contributed by atoms with Crippen molar-refractivity contribution in [2.75, 3.05) is 32.7 Å². The summed E-state index contributed by atoms with van der Waals surface area (Å²) in [5.41, 5.74) is 1.37. The fraction of sp³-hybridized carbons (Fsp3) is 0.542. The molecule has 1 aromatic heterocycles. The van der Waals surface area contributed by atoms with Crippen molar-refractivity contribution in [3.8, 4) is 0 Å². The molecule has 1 spiro atoms. The number of likely N-dealkylation sites (tertiary alicyclic amines) is 2. The van der Waals surface area contributed by atoms with Crippen molar-refractivity contribution in [1.82, 2.24) is 15.1 Å². The number of furan rings is 1. The van der Waals surface area contributed by atoms with Gasteiger partial charge in [0.05, 0.1) is 12.5 Å². The molecule has 2 aliphatic heterocycles. The number of rotatable bonds is 7. The van der Waals surface area contributed by atoms with Crippen LogP contribution in [0.1, 0.15) is 30.9 Å². The predicted octanol–water partition coefficient (Wildman–Crippen LogP) is 3.29. The van der Waals surface area contributed by atoms with Crippen LogP contribution in [0.25, 0.3) is 0 Å². The van der Waals surface area contributed by atoms with Gasteiger partial charge >= 0.3 is 0 Å². The summed E-state index contributed by atoms with van der Waals surface area (Å²) < 4.78 is 5.75. The van der Waals surface area contributed by atoms with E-state index < -0.39 is 0 Å². The molecule has 0 aliphatic carbocycles. The number of benzene rings is 1. The van der Waals surface area contributed by atoms with Gasteiger partial charge in [-0.25, -0.2) is 0 Å². The molecule has 0 saturated carbocycles. The number of aryl methyl sites for hydroxylation is 1. The smallest absolute Gasteiger partial charge is 0.225 e. The Morgan fingerprint density at radius 1 is 1.10 bits per heavy atom. The molecule has 1 unspecified atom stereocenters. The maximum Gasteiger partial charge on any atom is 0.225 e. The normalized spacial score (nSPS) is 21.6. The van der Waals surface area contributed by atoms with Gasteiger partial charge in [-0.3, -0.25) is 14.6 Å². The van der Waals surface area contributed by atoms with E-state index in [9.17, 15) is 4.79 Å². The molecule has 2 aromatic rings. The summed E-state index contributed by atoms with van der Waals surface area (Å²) in [7, 11) is 0. The molecular weight excluding hydrogens is 362 g/mol. The van der Waals surface area contributed by atoms with Gasteiger partial charge in [-0.1, -0.05) is 44.2 Å². The molecular formula is C24H33N3O2. The zero-order chi connectivity index (χ0) is 20.4. The van der Waals surface area contributed by atoms with E-state index in [1.807, 2.05) is 13.0 Å². The fourth-order valence-electron chi connectivity index (χ4n) is 4.89. The topological polar surface area (TPSA) is 48.7 Å². The van der Waals surface area contributed by atoms with E-state index in [4.69, 9.17) is 4.42 Å². The molecule has 0 radical (unpaired) electrons. The number of carbonyl (C=O) groups is 1. The lowest BCUT2D eigenvalue weighted by Crippen LogP contribution is -2.62. The summed E-state index contributed by atoms with van der Waals surface area (Å²) >= 11 is 0. The van der Waals surface area contributed by atoms with Gasteiger partial charge in [0.1, 0.15) is 11.5 Å². The predicted molar refractivity (Wildman–Crippen MR) is 114 cm³/mol. The molecule has 1 atom stereocenters. The van der Waals surface area contributed by atoms with E-state index in [0.29, 0.717) is 5.92 Å². The maximum absolute atomic E-state index is 13.0. The van der Waals surface area contributed by atoms with E-state index >= 15 is 0 Å². The first-order chi connectivity index (χ1) is 13.9. The Balaban J connectivity index is 1.43. The van der Waals surface area contributed by atoms with E-state index in [0.717, 1.165) is 57.3 Å². The number of hydrogen-bond acceptors (Lipinski definition) is 4. The highest BCUT2D eigenvalue weighted by Crippen LogP contribution is 2.45.